The number of thioether (sulfide) groups is 1. The number of aromatic nitrogens is 2. The SMILES string of the molecule is CCCCNS(=O)(=O)c1ccc2nc(SCc3ccc(C#N)cc3)[nH]c2c1. The van der Waals surface area contributed by atoms with Gasteiger partial charge in [0.05, 0.1) is 27.6 Å². The van der Waals surface area contributed by atoms with Gasteiger partial charge in [-0.3, -0.25) is 0 Å². The molecule has 0 fully saturated rings. The van der Waals surface area contributed by atoms with Gasteiger partial charge >= 0.3 is 0 Å². The normalized spacial score (nSPS) is 11.6. The zero-order valence-electron chi connectivity index (χ0n) is 14.9. The van der Waals surface area contributed by atoms with Crippen LogP contribution in [0.4, 0.5) is 0 Å². The van der Waals surface area contributed by atoms with Crippen LogP contribution in [0.2, 0.25) is 0 Å². The average Bonchev–Trinajstić information content (AvgIpc) is 3.09. The summed E-state index contributed by atoms with van der Waals surface area (Å²) in [6.07, 6.45) is 1.74. The van der Waals surface area contributed by atoms with Gasteiger partial charge in [-0.2, -0.15) is 5.26 Å². The van der Waals surface area contributed by atoms with Gasteiger partial charge in [-0.1, -0.05) is 37.2 Å². The Kier molecular flexibility index (Phi) is 6.16. The molecule has 0 spiro atoms. The summed E-state index contributed by atoms with van der Waals surface area (Å²) in [7, 11) is -3.51. The molecule has 3 aromatic rings. The Morgan fingerprint density at radius 2 is 2.00 bits per heavy atom. The van der Waals surface area contributed by atoms with Crippen LogP contribution in [0.1, 0.15) is 30.9 Å². The standard InChI is InChI=1S/C19H20N4O2S2/c1-2-3-10-21-27(24,25)16-8-9-17-18(11-16)23-19(22-17)26-13-15-6-4-14(12-20)5-7-15/h4-9,11,21H,2-3,10,13H2,1H3,(H,22,23). The second-order valence-corrected chi connectivity index (χ2v) is 8.80. The minimum Gasteiger partial charge on any atom is -0.333 e. The summed E-state index contributed by atoms with van der Waals surface area (Å²) in [5, 5.41) is 9.56. The predicted molar refractivity (Wildman–Crippen MR) is 107 cm³/mol. The molecule has 0 aliphatic carbocycles. The van der Waals surface area contributed by atoms with E-state index in [1.54, 1.807) is 30.3 Å². The van der Waals surface area contributed by atoms with Gasteiger partial charge in [-0.25, -0.2) is 18.1 Å². The van der Waals surface area contributed by atoms with Gasteiger partial charge in [0, 0.05) is 12.3 Å². The van der Waals surface area contributed by atoms with Crippen molar-refractivity contribution in [1.29, 1.82) is 5.26 Å². The lowest BCUT2D eigenvalue weighted by Crippen LogP contribution is -2.24. The molecule has 6 nitrogen and oxygen atoms in total. The van der Waals surface area contributed by atoms with E-state index in [1.807, 2.05) is 19.1 Å². The summed E-state index contributed by atoms with van der Waals surface area (Å²) >= 11 is 1.53. The Hall–Kier alpha value is -2.34. The van der Waals surface area contributed by atoms with E-state index in [1.165, 1.54) is 11.8 Å². The first-order chi connectivity index (χ1) is 13.0. The average molecular weight is 401 g/mol. The van der Waals surface area contributed by atoms with E-state index in [2.05, 4.69) is 20.8 Å². The Balaban J connectivity index is 1.72. The molecule has 1 heterocycles. The highest BCUT2D eigenvalue weighted by atomic mass is 32.2. The summed E-state index contributed by atoms with van der Waals surface area (Å²) in [5.74, 6) is 0.704. The zero-order valence-corrected chi connectivity index (χ0v) is 16.5. The third kappa shape index (κ3) is 4.89. The van der Waals surface area contributed by atoms with Crippen molar-refractivity contribution < 1.29 is 8.42 Å². The fourth-order valence-corrected chi connectivity index (χ4v) is 4.44. The maximum absolute atomic E-state index is 12.3. The van der Waals surface area contributed by atoms with Crippen molar-refractivity contribution in [2.24, 2.45) is 0 Å². The first-order valence-corrected chi connectivity index (χ1v) is 11.1. The molecule has 0 unspecified atom stereocenters. The number of sulfonamides is 1. The van der Waals surface area contributed by atoms with E-state index < -0.39 is 10.0 Å². The molecule has 27 heavy (non-hydrogen) atoms. The van der Waals surface area contributed by atoms with Crippen molar-refractivity contribution in [3.05, 3.63) is 53.6 Å². The Bertz CT molecular complexity index is 1070. The molecular formula is C19H20N4O2S2. The molecule has 0 aliphatic rings. The Morgan fingerprint density at radius 3 is 2.70 bits per heavy atom. The molecule has 0 bridgehead atoms. The molecule has 2 aromatic carbocycles. The van der Waals surface area contributed by atoms with Crippen LogP contribution in [0.15, 0.2) is 52.5 Å². The minimum absolute atomic E-state index is 0.235. The van der Waals surface area contributed by atoms with Gasteiger partial charge in [0.15, 0.2) is 5.16 Å². The van der Waals surface area contributed by atoms with Gasteiger partial charge in [0.1, 0.15) is 0 Å². The first-order valence-electron chi connectivity index (χ1n) is 8.63. The third-order valence-corrected chi connectivity index (χ3v) is 6.43. The molecule has 2 N–H and O–H groups in total. The Labute approximate surface area is 163 Å². The summed E-state index contributed by atoms with van der Waals surface area (Å²) in [5.41, 5.74) is 3.14. The van der Waals surface area contributed by atoms with Gasteiger partial charge in [-0.05, 0) is 42.3 Å². The molecule has 0 saturated carbocycles. The van der Waals surface area contributed by atoms with E-state index in [9.17, 15) is 8.42 Å². The maximum atomic E-state index is 12.3. The number of nitriles is 1. The molecule has 0 radical (unpaired) electrons. The maximum Gasteiger partial charge on any atom is 0.240 e. The van der Waals surface area contributed by atoms with Crippen LogP contribution >= 0.6 is 11.8 Å². The van der Waals surface area contributed by atoms with Crippen molar-refractivity contribution >= 4 is 32.8 Å². The van der Waals surface area contributed by atoms with Crippen molar-refractivity contribution in [3.8, 4) is 6.07 Å². The predicted octanol–water partition coefficient (Wildman–Crippen LogP) is 3.81. The molecule has 3 rings (SSSR count). The van der Waals surface area contributed by atoms with Crippen LogP contribution in [0.3, 0.4) is 0 Å². The topological polar surface area (TPSA) is 98.6 Å². The van der Waals surface area contributed by atoms with E-state index in [4.69, 9.17) is 5.26 Å². The minimum atomic E-state index is -3.51. The number of rotatable bonds is 8. The molecule has 0 aliphatic heterocycles. The largest absolute Gasteiger partial charge is 0.333 e. The third-order valence-electron chi connectivity index (χ3n) is 4.02. The van der Waals surface area contributed by atoms with Crippen molar-refractivity contribution in [2.75, 3.05) is 6.54 Å². The number of imidazole rings is 1. The first kappa shape index (κ1) is 19.4. The zero-order chi connectivity index (χ0) is 19.3. The van der Waals surface area contributed by atoms with Gasteiger partial charge in [0.2, 0.25) is 10.0 Å². The smallest absolute Gasteiger partial charge is 0.240 e. The molecule has 0 amide bonds. The van der Waals surface area contributed by atoms with E-state index >= 15 is 0 Å². The van der Waals surface area contributed by atoms with Crippen LogP contribution in [0.25, 0.3) is 11.0 Å². The van der Waals surface area contributed by atoms with Crippen molar-refractivity contribution in [3.63, 3.8) is 0 Å². The molecule has 140 valence electrons. The van der Waals surface area contributed by atoms with Crippen molar-refractivity contribution in [1.82, 2.24) is 14.7 Å². The number of benzene rings is 2. The lowest BCUT2D eigenvalue weighted by molar-refractivity contribution is 0.578. The van der Waals surface area contributed by atoms with Gasteiger partial charge in [-0.15, -0.1) is 0 Å². The van der Waals surface area contributed by atoms with E-state index in [0.29, 0.717) is 23.4 Å². The van der Waals surface area contributed by atoms with Gasteiger partial charge < -0.3 is 4.98 Å². The lowest BCUT2D eigenvalue weighted by atomic mass is 10.2. The Morgan fingerprint density at radius 1 is 1.22 bits per heavy atom. The monoisotopic (exact) mass is 400 g/mol. The highest BCUT2D eigenvalue weighted by molar-refractivity contribution is 7.98. The molecule has 0 atom stereocenters. The quantitative estimate of drug-likeness (QED) is 0.442. The number of H-pyrrole nitrogens is 1. The van der Waals surface area contributed by atoms with Crippen LogP contribution in [-0.4, -0.2) is 24.9 Å². The van der Waals surface area contributed by atoms with Crippen LogP contribution in [0.5, 0.6) is 0 Å². The second-order valence-electron chi connectivity index (χ2n) is 6.07. The summed E-state index contributed by atoms with van der Waals surface area (Å²) in [6, 6.07) is 14.4. The fourth-order valence-electron chi connectivity index (χ4n) is 2.49. The van der Waals surface area contributed by atoms with Crippen LogP contribution < -0.4 is 4.72 Å². The van der Waals surface area contributed by atoms with Crippen LogP contribution in [-0.2, 0) is 15.8 Å². The second kappa shape index (κ2) is 8.57. The number of hydrogen-bond acceptors (Lipinski definition) is 5. The lowest BCUT2D eigenvalue weighted by Gasteiger charge is -2.05. The summed E-state index contributed by atoms with van der Waals surface area (Å²) < 4.78 is 27.3. The molecule has 1 aromatic heterocycles. The number of hydrogen-bond donors (Lipinski definition) is 2. The number of aromatic amines is 1. The van der Waals surface area contributed by atoms with Gasteiger partial charge in [0.25, 0.3) is 0 Å². The number of nitrogens with one attached hydrogen (secondary N) is 2. The highest BCUT2D eigenvalue weighted by Crippen LogP contribution is 2.25. The highest BCUT2D eigenvalue weighted by Gasteiger charge is 2.15. The summed E-state index contributed by atoms with van der Waals surface area (Å²) in [6.45, 7) is 2.45. The fraction of sp³-hybridized carbons (Fsp3) is 0.263. The summed E-state index contributed by atoms with van der Waals surface area (Å²) in [4.78, 5) is 7.91. The van der Waals surface area contributed by atoms with E-state index in [-0.39, 0.29) is 4.90 Å². The molecular weight excluding hydrogens is 380 g/mol. The number of fused-ring (bicyclic) bond motifs is 1. The van der Waals surface area contributed by atoms with Crippen molar-refractivity contribution in [2.45, 2.75) is 35.6 Å². The number of unbranched alkanes of at least 4 members (excludes halogenated alkanes) is 1. The molecule has 0 saturated heterocycles. The molecule has 8 heteroatoms. The number of nitrogens with zero attached hydrogens (tertiary/aromatic N) is 2. The van der Waals surface area contributed by atoms with E-state index in [0.717, 1.165) is 29.1 Å². The van der Waals surface area contributed by atoms with Crippen LogP contribution in [0, 0.1) is 11.3 Å².